The molecule has 2 aliphatic carbocycles. The molecule has 6 aliphatic rings. The predicted molar refractivity (Wildman–Crippen MR) is 194 cm³/mol. The molecular weight excluding hydrogens is 648 g/mol. The normalized spacial score (nSPS) is 36.1. The molecule has 0 spiro atoms. The van der Waals surface area contributed by atoms with E-state index < -0.39 is 0 Å². The number of esters is 2. The number of carbonyl (C=O) groups is 4. The highest BCUT2D eigenvalue weighted by Gasteiger charge is 2.62. The third-order valence-corrected chi connectivity index (χ3v) is 11.7. The molecule has 0 aromatic rings. The maximum Gasteiger partial charge on any atom is 0.334 e. The van der Waals surface area contributed by atoms with Crippen LogP contribution in [-0.2, 0) is 38.1 Å². The van der Waals surface area contributed by atoms with Crippen molar-refractivity contribution in [3.05, 3.63) is 47.6 Å². The molecule has 4 fully saturated rings. The average Bonchev–Trinajstić information content (AvgIpc) is 3.91. The molecule has 0 aromatic heterocycles. The SMILES string of the molecule is C=C1C(=O)O[C@H]2[C@H]1CC/C(C(=O)NCC)=C\CC[C@@]1(C)O[C@@H]21.C=C1C(=O)O[C@H]2[C@H]1CC/C(C(=O)NCCCCCCCCC)=C\CC[C@@]1(C)O[C@@H]21. The largest absolute Gasteiger partial charge is 0.455 e. The van der Waals surface area contributed by atoms with Gasteiger partial charge < -0.3 is 29.6 Å². The van der Waals surface area contributed by atoms with Crippen LogP contribution < -0.4 is 10.6 Å². The molecule has 10 nitrogen and oxygen atoms in total. The maximum atomic E-state index is 12.7. The molecule has 2 amide bonds. The quantitative estimate of drug-likeness (QED) is 0.108. The summed E-state index contributed by atoms with van der Waals surface area (Å²) in [5.74, 6) is -0.750. The van der Waals surface area contributed by atoms with Crippen LogP contribution in [0.1, 0.15) is 124 Å². The van der Waals surface area contributed by atoms with Crippen LogP contribution >= 0.6 is 0 Å². The smallest absolute Gasteiger partial charge is 0.334 e. The first-order chi connectivity index (χ1) is 24.4. The Morgan fingerprint density at radius 1 is 0.725 bits per heavy atom. The number of hydrogen-bond acceptors (Lipinski definition) is 8. The topological polar surface area (TPSA) is 136 Å². The zero-order chi connectivity index (χ0) is 36.8. The van der Waals surface area contributed by atoms with Crippen molar-refractivity contribution < 1.29 is 38.1 Å². The van der Waals surface area contributed by atoms with Gasteiger partial charge in [0, 0.05) is 47.2 Å². The second-order valence-corrected chi connectivity index (χ2v) is 15.6. The number of ether oxygens (including phenoxy) is 4. The maximum absolute atomic E-state index is 12.7. The monoisotopic (exact) mass is 708 g/mol. The highest BCUT2D eigenvalue weighted by molar-refractivity contribution is 5.94. The standard InChI is InChI=1S/C24H37NO4.C17H23NO4/c1-4-5-6-7-8-9-10-16-25-22(26)18-12-11-15-24(3)21(29-24)20-19(14-13-18)17(2)23(27)28-20;1-4-18-15(19)11-6-5-9-17(3)14(22-17)13-12(8-7-11)10(2)16(20)21-13/h12,19-21H,2,4-11,13-16H2,1,3H3,(H,25,26);6,12-14H,2,4-5,7-9H2,1,3H3,(H,18,19)/b18-12+;11-6+/t19-,20-,21-,24+;12-,13-,14-,17+/m00/s1. The van der Waals surface area contributed by atoms with Crippen LogP contribution in [0.4, 0.5) is 0 Å². The summed E-state index contributed by atoms with van der Waals surface area (Å²) >= 11 is 0. The van der Waals surface area contributed by atoms with E-state index in [0.29, 0.717) is 43.4 Å². The second-order valence-electron chi connectivity index (χ2n) is 15.6. The van der Waals surface area contributed by atoms with Crippen molar-refractivity contribution in [2.45, 2.75) is 160 Å². The fourth-order valence-electron chi connectivity index (χ4n) is 8.20. The first-order valence-corrected chi connectivity index (χ1v) is 19.5. The highest BCUT2D eigenvalue weighted by Crippen LogP contribution is 2.51. The third-order valence-electron chi connectivity index (χ3n) is 11.7. The number of rotatable bonds is 11. The molecule has 10 heteroatoms. The Hall–Kier alpha value is -3.24. The molecule has 51 heavy (non-hydrogen) atoms. The van der Waals surface area contributed by atoms with Crippen molar-refractivity contribution in [2.75, 3.05) is 13.1 Å². The highest BCUT2D eigenvalue weighted by atomic mass is 16.7. The van der Waals surface area contributed by atoms with Crippen molar-refractivity contribution in [1.29, 1.82) is 0 Å². The summed E-state index contributed by atoms with van der Waals surface area (Å²) < 4.78 is 22.8. The summed E-state index contributed by atoms with van der Waals surface area (Å²) in [5, 5.41) is 5.94. The summed E-state index contributed by atoms with van der Waals surface area (Å²) in [6.07, 6.45) is 18.0. The van der Waals surface area contributed by atoms with Crippen LogP contribution in [0.15, 0.2) is 47.6 Å². The molecule has 2 N–H and O–H groups in total. The van der Waals surface area contributed by atoms with E-state index in [4.69, 9.17) is 18.9 Å². The Bertz CT molecular complexity index is 1420. The molecule has 282 valence electrons. The lowest BCUT2D eigenvalue weighted by atomic mass is 9.83. The van der Waals surface area contributed by atoms with E-state index in [0.717, 1.165) is 49.8 Å². The minimum Gasteiger partial charge on any atom is -0.455 e. The van der Waals surface area contributed by atoms with Gasteiger partial charge in [-0.05, 0) is 78.6 Å². The van der Waals surface area contributed by atoms with Gasteiger partial charge in [0.2, 0.25) is 11.8 Å². The van der Waals surface area contributed by atoms with Crippen LogP contribution in [0, 0.1) is 11.8 Å². The zero-order valence-corrected chi connectivity index (χ0v) is 31.3. The molecule has 0 aromatic carbocycles. The van der Waals surface area contributed by atoms with E-state index in [1.165, 1.54) is 38.5 Å². The van der Waals surface area contributed by atoms with Crippen LogP contribution in [0.2, 0.25) is 0 Å². The van der Waals surface area contributed by atoms with Gasteiger partial charge in [-0.3, -0.25) is 9.59 Å². The first-order valence-electron chi connectivity index (χ1n) is 19.5. The van der Waals surface area contributed by atoms with E-state index in [9.17, 15) is 19.2 Å². The molecular formula is C41H60N2O8. The number of fused-ring (bicyclic) bond motifs is 6. The van der Waals surface area contributed by atoms with Gasteiger partial charge in [0.05, 0.1) is 11.2 Å². The Balaban J connectivity index is 0.000000205. The summed E-state index contributed by atoms with van der Waals surface area (Å²) in [6, 6.07) is 0. The number of carbonyl (C=O) groups excluding carboxylic acids is 4. The van der Waals surface area contributed by atoms with Gasteiger partial charge in [-0.2, -0.15) is 0 Å². The van der Waals surface area contributed by atoms with Crippen molar-refractivity contribution >= 4 is 23.8 Å². The number of nitrogens with one attached hydrogen (secondary N) is 2. The van der Waals surface area contributed by atoms with Gasteiger partial charge in [0.15, 0.2) is 0 Å². The molecule has 4 saturated heterocycles. The summed E-state index contributed by atoms with van der Waals surface area (Å²) in [4.78, 5) is 48.7. The number of epoxide rings is 2. The molecule has 0 radical (unpaired) electrons. The van der Waals surface area contributed by atoms with Gasteiger partial charge in [-0.15, -0.1) is 0 Å². The Morgan fingerprint density at radius 3 is 1.65 bits per heavy atom. The third kappa shape index (κ3) is 9.41. The molecule has 0 saturated carbocycles. The lowest BCUT2D eigenvalue weighted by molar-refractivity contribution is -0.140. The lowest BCUT2D eigenvalue weighted by Gasteiger charge is -2.19. The van der Waals surface area contributed by atoms with Crippen molar-refractivity contribution in [3.8, 4) is 0 Å². The Kier molecular flexibility index (Phi) is 13.0. The number of unbranched alkanes of at least 4 members (excludes halogenated alkanes) is 6. The number of allylic oxidation sites excluding steroid dienone is 2. The van der Waals surface area contributed by atoms with Gasteiger partial charge in [-0.1, -0.05) is 70.8 Å². The van der Waals surface area contributed by atoms with Crippen molar-refractivity contribution in [2.24, 2.45) is 11.8 Å². The minimum absolute atomic E-state index is 0.0195. The van der Waals surface area contributed by atoms with E-state index >= 15 is 0 Å². The minimum atomic E-state index is -0.323. The molecule has 8 atom stereocenters. The van der Waals surface area contributed by atoms with Crippen LogP contribution in [0.5, 0.6) is 0 Å². The lowest BCUT2D eigenvalue weighted by Crippen LogP contribution is -2.30. The van der Waals surface area contributed by atoms with Crippen LogP contribution in [0.25, 0.3) is 0 Å². The molecule has 4 heterocycles. The first kappa shape index (κ1) is 39.0. The molecule has 6 rings (SSSR count). The molecule has 4 aliphatic heterocycles. The fourth-order valence-corrected chi connectivity index (χ4v) is 8.20. The number of amides is 2. The Morgan fingerprint density at radius 2 is 1.18 bits per heavy atom. The Labute approximate surface area is 304 Å². The van der Waals surface area contributed by atoms with Gasteiger partial charge in [0.1, 0.15) is 24.4 Å². The van der Waals surface area contributed by atoms with Crippen LogP contribution in [-0.4, -0.2) is 72.5 Å². The van der Waals surface area contributed by atoms with Gasteiger partial charge in [-0.25, -0.2) is 9.59 Å². The fraction of sp³-hybridized carbons (Fsp3) is 0.707. The molecule has 0 unspecified atom stereocenters. The average molecular weight is 709 g/mol. The van der Waals surface area contributed by atoms with Crippen molar-refractivity contribution in [1.82, 2.24) is 10.6 Å². The number of likely N-dealkylation sites (N-methyl/N-ethyl adjacent to an activating group) is 1. The summed E-state index contributed by atoms with van der Waals surface area (Å²) in [5.41, 5.74) is 2.13. The number of hydrogen-bond donors (Lipinski definition) is 2. The van der Waals surface area contributed by atoms with E-state index in [2.05, 4.69) is 43.7 Å². The summed E-state index contributed by atoms with van der Waals surface area (Å²) in [6.45, 7) is 17.4. The van der Waals surface area contributed by atoms with E-state index in [1.807, 2.05) is 19.9 Å². The van der Waals surface area contributed by atoms with Crippen LogP contribution in [0.3, 0.4) is 0 Å². The van der Waals surface area contributed by atoms with Crippen molar-refractivity contribution in [3.63, 3.8) is 0 Å². The van der Waals surface area contributed by atoms with E-state index in [1.54, 1.807) is 0 Å². The van der Waals surface area contributed by atoms with Gasteiger partial charge in [0.25, 0.3) is 0 Å². The van der Waals surface area contributed by atoms with Gasteiger partial charge >= 0.3 is 11.9 Å². The molecule has 0 bridgehead atoms. The predicted octanol–water partition coefficient (Wildman–Crippen LogP) is 6.49. The second kappa shape index (κ2) is 17.1. The van der Waals surface area contributed by atoms with E-state index in [-0.39, 0.29) is 71.2 Å². The zero-order valence-electron chi connectivity index (χ0n) is 31.3. The summed E-state index contributed by atoms with van der Waals surface area (Å²) in [7, 11) is 0.